The van der Waals surface area contributed by atoms with Crippen LogP contribution in [0, 0.1) is 18.6 Å². The molecule has 0 atom stereocenters. The van der Waals surface area contributed by atoms with Crippen molar-refractivity contribution in [1.82, 2.24) is 14.7 Å². The Hall–Kier alpha value is -2.42. The SMILES string of the molecule is Cc1c(C(=O)O)cnn1C1CCN(C(=O)CSc2ccc(F)c(F)c2)CC1. The maximum atomic E-state index is 13.2. The van der Waals surface area contributed by atoms with Crippen LogP contribution in [0.4, 0.5) is 8.78 Å². The molecular formula is C18H19F2N3O3S. The van der Waals surface area contributed by atoms with Crippen molar-refractivity contribution >= 4 is 23.6 Å². The molecule has 0 unspecified atom stereocenters. The summed E-state index contributed by atoms with van der Waals surface area (Å²) in [7, 11) is 0. The van der Waals surface area contributed by atoms with Crippen molar-refractivity contribution in [1.29, 1.82) is 0 Å². The van der Waals surface area contributed by atoms with Gasteiger partial charge in [0.05, 0.1) is 23.7 Å². The summed E-state index contributed by atoms with van der Waals surface area (Å²) >= 11 is 1.17. The number of halogens is 2. The van der Waals surface area contributed by atoms with Crippen molar-refractivity contribution in [3.05, 3.63) is 47.3 Å². The average molecular weight is 395 g/mol. The Morgan fingerprint density at radius 3 is 2.56 bits per heavy atom. The molecule has 1 N–H and O–H groups in total. The van der Waals surface area contributed by atoms with Crippen LogP contribution in [0.15, 0.2) is 29.3 Å². The van der Waals surface area contributed by atoms with Gasteiger partial charge in [-0.05, 0) is 38.0 Å². The van der Waals surface area contributed by atoms with Crippen LogP contribution in [0.25, 0.3) is 0 Å². The fourth-order valence-corrected chi connectivity index (χ4v) is 3.99. The van der Waals surface area contributed by atoms with Crippen LogP contribution >= 0.6 is 11.8 Å². The Morgan fingerprint density at radius 1 is 1.26 bits per heavy atom. The van der Waals surface area contributed by atoms with Crippen molar-refractivity contribution < 1.29 is 23.5 Å². The van der Waals surface area contributed by atoms with Crippen molar-refractivity contribution in [3.8, 4) is 0 Å². The zero-order chi connectivity index (χ0) is 19.6. The molecule has 2 heterocycles. The molecule has 1 aromatic carbocycles. The number of carboxylic acids is 1. The second-order valence-corrected chi connectivity index (χ2v) is 7.42. The predicted molar refractivity (Wildman–Crippen MR) is 95.9 cm³/mol. The lowest BCUT2D eigenvalue weighted by atomic mass is 10.0. The number of aromatic nitrogens is 2. The first-order valence-corrected chi connectivity index (χ1v) is 9.48. The lowest BCUT2D eigenvalue weighted by Gasteiger charge is -2.32. The Kier molecular flexibility index (Phi) is 5.79. The minimum Gasteiger partial charge on any atom is -0.478 e. The highest BCUT2D eigenvalue weighted by molar-refractivity contribution is 8.00. The van der Waals surface area contributed by atoms with Gasteiger partial charge >= 0.3 is 5.97 Å². The molecule has 1 aliphatic rings. The van der Waals surface area contributed by atoms with Crippen molar-refractivity contribution in [2.75, 3.05) is 18.8 Å². The number of piperidine rings is 1. The first kappa shape index (κ1) is 19.3. The minimum atomic E-state index is -0.999. The van der Waals surface area contributed by atoms with Gasteiger partial charge in [-0.25, -0.2) is 13.6 Å². The second-order valence-electron chi connectivity index (χ2n) is 6.37. The van der Waals surface area contributed by atoms with Gasteiger partial charge in [0.15, 0.2) is 11.6 Å². The normalized spacial score (nSPS) is 15.1. The van der Waals surface area contributed by atoms with E-state index in [1.807, 2.05) is 0 Å². The highest BCUT2D eigenvalue weighted by Crippen LogP contribution is 2.26. The van der Waals surface area contributed by atoms with Gasteiger partial charge in [-0.2, -0.15) is 5.10 Å². The minimum absolute atomic E-state index is 0.0565. The number of nitrogens with zero attached hydrogens (tertiary/aromatic N) is 3. The van der Waals surface area contributed by atoms with Gasteiger partial charge in [0, 0.05) is 18.0 Å². The van der Waals surface area contributed by atoms with Crippen molar-refractivity contribution in [3.63, 3.8) is 0 Å². The summed E-state index contributed by atoms with van der Waals surface area (Å²) in [4.78, 5) is 25.7. The van der Waals surface area contributed by atoms with E-state index < -0.39 is 17.6 Å². The van der Waals surface area contributed by atoms with Gasteiger partial charge in [-0.3, -0.25) is 9.48 Å². The number of carbonyl (C=O) groups excluding carboxylic acids is 1. The lowest BCUT2D eigenvalue weighted by Crippen LogP contribution is -2.40. The molecule has 1 aliphatic heterocycles. The molecule has 3 rings (SSSR count). The summed E-state index contributed by atoms with van der Waals surface area (Å²) < 4.78 is 27.9. The van der Waals surface area contributed by atoms with Gasteiger partial charge < -0.3 is 10.0 Å². The first-order chi connectivity index (χ1) is 12.9. The summed E-state index contributed by atoms with van der Waals surface area (Å²) in [6.45, 7) is 2.82. The molecule has 9 heteroatoms. The maximum absolute atomic E-state index is 13.2. The van der Waals surface area contributed by atoms with E-state index in [4.69, 9.17) is 5.11 Å². The van der Waals surface area contributed by atoms with Crippen LogP contribution in [0.1, 0.15) is 34.9 Å². The fraction of sp³-hybridized carbons (Fsp3) is 0.389. The van der Waals surface area contributed by atoms with Gasteiger partial charge in [-0.1, -0.05) is 0 Å². The number of aromatic carboxylic acids is 1. The third-order valence-corrected chi connectivity index (χ3v) is 5.67. The number of amides is 1. The molecule has 0 spiro atoms. The van der Waals surface area contributed by atoms with Crippen LogP contribution in [0.2, 0.25) is 0 Å². The molecule has 6 nitrogen and oxygen atoms in total. The molecule has 1 amide bonds. The second kappa shape index (κ2) is 8.08. The molecule has 0 saturated carbocycles. The summed E-state index contributed by atoms with van der Waals surface area (Å²) in [6.07, 6.45) is 2.72. The van der Waals surface area contributed by atoms with Crippen molar-refractivity contribution in [2.45, 2.75) is 30.7 Å². The number of carboxylic acid groups (broad SMARTS) is 1. The van der Waals surface area contributed by atoms with Crippen LogP contribution in [0.5, 0.6) is 0 Å². The molecule has 1 saturated heterocycles. The third-order valence-electron chi connectivity index (χ3n) is 4.69. The van der Waals surface area contributed by atoms with E-state index in [2.05, 4.69) is 5.10 Å². The summed E-state index contributed by atoms with van der Waals surface area (Å²) in [5.74, 6) is -2.75. The number of rotatable bonds is 5. The van der Waals surface area contributed by atoms with E-state index in [0.29, 0.717) is 36.5 Å². The Morgan fingerprint density at radius 2 is 1.96 bits per heavy atom. The van der Waals surface area contributed by atoms with E-state index in [-0.39, 0.29) is 23.3 Å². The monoisotopic (exact) mass is 395 g/mol. The van der Waals surface area contributed by atoms with E-state index in [1.54, 1.807) is 16.5 Å². The van der Waals surface area contributed by atoms with E-state index >= 15 is 0 Å². The lowest BCUT2D eigenvalue weighted by molar-refractivity contribution is -0.129. The average Bonchev–Trinajstić information content (AvgIpc) is 3.04. The van der Waals surface area contributed by atoms with E-state index in [0.717, 1.165) is 12.1 Å². The standard InChI is InChI=1S/C18H19F2N3O3S/c1-11-14(18(25)26)9-21-23(11)12-4-6-22(7-5-12)17(24)10-27-13-2-3-15(19)16(20)8-13/h2-3,8-9,12H,4-7,10H2,1H3,(H,25,26). The highest BCUT2D eigenvalue weighted by Gasteiger charge is 2.26. The van der Waals surface area contributed by atoms with Gasteiger partial charge in [0.25, 0.3) is 0 Å². The van der Waals surface area contributed by atoms with Gasteiger partial charge in [0.2, 0.25) is 5.91 Å². The van der Waals surface area contributed by atoms with Crippen LogP contribution in [-0.4, -0.2) is 50.5 Å². The molecule has 144 valence electrons. The fourth-order valence-electron chi connectivity index (χ4n) is 3.16. The number of hydrogen-bond acceptors (Lipinski definition) is 4. The van der Waals surface area contributed by atoms with Crippen molar-refractivity contribution in [2.24, 2.45) is 0 Å². The van der Waals surface area contributed by atoms with Crippen LogP contribution in [0.3, 0.4) is 0 Å². The molecule has 2 aromatic rings. The Balaban J connectivity index is 1.53. The Bertz CT molecular complexity index is 864. The highest BCUT2D eigenvalue weighted by atomic mass is 32.2. The van der Waals surface area contributed by atoms with Crippen LogP contribution in [-0.2, 0) is 4.79 Å². The van der Waals surface area contributed by atoms with E-state index in [1.165, 1.54) is 24.0 Å². The molecule has 0 aliphatic carbocycles. The van der Waals surface area contributed by atoms with Crippen LogP contribution < -0.4 is 0 Å². The zero-order valence-electron chi connectivity index (χ0n) is 14.7. The first-order valence-electron chi connectivity index (χ1n) is 8.50. The summed E-state index contributed by atoms with van der Waals surface area (Å²) in [6, 6.07) is 3.63. The molecule has 0 radical (unpaired) electrons. The summed E-state index contributed by atoms with van der Waals surface area (Å²) in [5.41, 5.74) is 0.803. The molecule has 1 aromatic heterocycles. The predicted octanol–water partition coefficient (Wildman–Crippen LogP) is 3.12. The number of carbonyl (C=O) groups is 2. The Labute approximate surface area is 159 Å². The molecule has 0 bridgehead atoms. The molecular weight excluding hydrogens is 376 g/mol. The molecule has 27 heavy (non-hydrogen) atoms. The zero-order valence-corrected chi connectivity index (χ0v) is 15.5. The van der Waals surface area contributed by atoms with E-state index in [9.17, 15) is 18.4 Å². The number of thioether (sulfide) groups is 1. The number of hydrogen-bond donors (Lipinski definition) is 1. The number of benzene rings is 1. The smallest absolute Gasteiger partial charge is 0.339 e. The summed E-state index contributed by atoms with van der Waals surface area (Å²) in [5, 5.41) is 13.3. The van der Waals surface area contributed by atoms with Gasteiger partial charge in [-0.15, -0.1) is 11.8 Å². The quantitative estimate of drug-likeness (QED) is 0.788. The third kappa shape index (κ3) is 4.29. The number of likely N-dealkylation sites (tertiary alicyclic amines) is 1. The maximum Gasteiger partial charge on any atom is 0.339 e. The van der Waals surface area contributed by atoms with Gasteiger partial charge in [0.1, 0.15) is 5.56 Å². The molecule has 1 fully saturated rings. The topological polar surface area (TPSA) is 75.4 Å². The largest absolute Gasteiger partial charge is 0.478 e.